The lowest BCUT2D eigenvalue weighted by atomic mass is 10.2. The maximum Gasteiger partial charge on any atom is 0.407 e. The molecular weight excluding hydrogens is 210 g/mol. The van der Waals surface area contributed by atoms with Gasteiger partial charge in [-0.05, 0) is 12.8 Å². The first-order valence-electron chi connectivity index (χ1n) is 5.58. The molecule has 1 saturated heterocycles. The topological polar surface area (TPSA) is 72.9 Å². The molecule has 6 nitrogen and oxygen atoms in total. The summed E-state index contributed by atoms with van der Waals surface area (Å²) in [5.41, 5.74) is 2.79. The van der Waals surface area contributed by atoms with Crippen molar-refractivity contribution in [3.8, 4) is 0 Å². The number of amides is 2. The summed E-state index contributed by atoms with van der Waals surface area (Å²) in [4.78, 5) is 23.1. The minimum atomic E-state index is -1.01. The van der Waals surface area contributed by atoms with Gasteiger partial charge in [-0.2, -0.15) is 0 Å². The highest BCUT2D eigenvalue weighted by molar-refractivity contribution is 5.76. The van der Waals surface area contributed by atoms with E-state index in [0.29, 0.717) is 0 Å². The van der Waals surface area contributed by atoms with Crippen molar-refractivity contribution in [2.24, 2.45) is 0 Å². The molecule has 0 saturated carbocycles. The number of carbonyl (C=O) groups is 2. The summed E-state index contributed by atoms with van der Waals surface area (Å²) in [6.45, 7) is 2.01. The van der Waals surface area contributed by atoms with E-state index in [-0.39, 0.29) is 18.9 Å². The fraction of sp³-hybridized carbons (Fsp3) is 0.800. The van der Waals surface area contributed by atoms with Gasteiger partial charge in [0.05, 0.1) is 0 Å². The van der Waals surface area contributed by atoms with Gasteiger partial charge in [0.15, 0.2) is 0 Å². The van der Waals surface area contributed by atoms with E-state index in [2.05, 4.69) is 5.43 Å². The highest BCUT2D eigenvalue weighted by Crippen LogP contribution is 2.05. The van der Waals surface area contributed by atoms with Crippen molar-refractivity contribution in [3.05, 3.63) is 0 Å². The summed E-state index contributed by atoms with van der Waals surface area (Å²) < 4.78 is 0. The molecule has 0 aliphatic carbocycles. The normalized spacial score (nSPS) is 16.8. The largest absolute Gasteiger partial charge is 0.465 e. The fourth-order valence-corrected chi connectivity index (χ4v) is 1.60. The van der Waals surface area contributed by atoms with E-state index in [1.807, 2.05) is 5.01 Å². The Balaban J connectivity index is 2.17. The van der Waals surface area contributed by atoms with E-state index in [1.165, 1.54) is 13.5 Å². The minimum Gasteiger partial charge on any atom is -0.465 e. The van der Waals surface area contributed by atoms with Gasteiger partial charge in [-0.3, -0.25) is 10.2 Å². The van der Waals surface area contributed by atoms with Gasteiger partial charge in [0.1, 0.15) is 0 Å². The van der Waals surface area contributed by atoms with E-state index in [9.17, 15) is 9.59 Å². The molecule has 1 aliphatic rings. The summed E-state index contributed by atoms with van der Waals surface area (Å²) in [7, 11) is 1.45. The predicted octanol–water partition coefficient (Wildman–Crippen LogP) is 0.503. The molecule has 1 heterocycles. The van der Waals surface area contributed by atoms with Crippen molar-refractivity contribution in [3.63, 3.8) is 0 Å². The molecule has 16 heavy (non-hydrogen) atoms. The zero-order valence-electron chi connectivity index (χ0n) is 9.61. The predicted molar refractivity (Wildman–Crippen MR) is 58.8 cm³/mol. The molecule has 0 aromatic rings. The number of nitrogens with zero attached hydrogens (tertiary/aromatic N) is 2. The summed E-state index contributed by atoms with van der Waals surface area (Å²) in [5.74, 6) is -0.116. The van der Waals surface area contributed by atoms with Crippen LogP contribution in [-0.4, -0.2) is 53.7 Å². The van der Waals surface area contributed by atoms with Crippen LogP contribution in [0.4, 0.5) is 4.79 Å². The first kappa shape index (κ1) is 12.8. The van der Waals surface area contributed by atoms with Crippen molar-refractivity contribution in [2.75, 3.05) is 26.7 Å². The molecule has 6 heteroatoms. The third-order valence-electron chi connectivity index (χ3n) is 2.64. The second-order valence-electron chi connectivity index (χ2n) is 4.04. The number of carbonyl (C=O) groups excluding carboxylic acids is 1. The van der Waals surface area contributed by atoms with Crippen LogP contribution >= 0.6 is 0 Å². The average molecular weight is 229 g/mol. The van der Waals surface area contributed by atoms with Crippen LogP contribution in [0.2, 0.25) is 0 Å². The number of rotatable bonds is 4. The van der Waals surface area contributed by atoms with Gasteiger partial charge in [-0.15, -0.1) is 0 Å². The second-order valence-corrected chi connectivity index (χ2v) is 4.04. The number of carboxylic acid groups (broad SMARTS) is 1. The molecule has 0 spiro atoms. The molecule has 0 bridgehead atoms. The Morgan fingerprint density at radius 1 is 1.31 bits per heavy atom. The Bertz CT molecular complexity index is 252. The Morgan fingerprint density at radius 3 is 2.50 bits per heavy atom. The quantitative estimate of drug-likeness (QED) is 0.736. The van der Waals surface area contributed by atoms with Crippen LogP contribution < -0.4 is 5.43 Å². The number of piperidine rings is 1. The molecule has 1 fully saturated rings. The molecule has 0 radical (unpaired) electrons. The highest BCUT2D eigenvalue weighted by Gasteiger charge is 2.13. The Hall–Kier alpha value is -1.30. The lowest BCUT2D eigenvalue weighted by Crippen LogP contribution is -2.45. The minimum absolute atomic E-state index is 0.116. The summed E-state index contributed by atoms with van der Waals surface area (Å²) >= 11 is 0. The van der Waals surface area contributed by atoms with Gasteiger partial charge in [0.25, 0.3) is 0 Å². The first-order chi connectivity index (χ1) is 7.59. The Morgan fingerprint density at radius 2 is 1.94 bits per heavy atom. The maximum absolute atomic E-state index is 11.5. The van der Waals surface area contributed by atoms with Crippen LogP contribution in [0.1, 0.15) is 25.7 Å². The second kappa shape index (κ2) is 6.32. The lowest BCUT2D eigenvalue weighted by Gasteiger charge is -2.27. The van der Waals surface area contributed by atoms with Crippen molar-refractivity contribution >= 4 is 12.0 Å². The smallest absolute Gasteiger partial charge is 0.407 e. The SMILES string of the molecule is CN(CCC(=O)NN1CCCCC1)C(=O)O. The van der Waals surface area contributed by atoms with Crippen LogP contribution in [0.3, 0.4) is 0 Å². The standard InChI is InChI=1S/C10H19N3O3/c1-12(10(15)16)8-5-9(14)11-13-6-3-2-4-7-13/h2-8H2,1H3,(H,11,14)(H,15,16). The van der Waals surface area contributed by atoms with E-state index < -0.39 is 6.09 Å². The monoisotopic (exact) mass is 229 g/mol. The maximum atomic E-state index is 11.5. The van der Waals surface area contributed by atoms with Gasteiger partial charge in [0, 0.05) is 33.1 Å². The molecule has 0 atom stereocenters. The number of hydrogen-bond donors (Lipinski definition) is 2. The molecule has 0 unspecified atom stereocenters. The molecule has 1 aliphatic heterocycles. The van der Waals surface area contributed by atoms with Crippen molar-refractivity contribution in [1.29, 1.82) is 0 Å². The van der Waals surface area contributed by atoms with Crippen LogP contribution in [0, 0.1) is 0 Å². The zero-order chi connectivity index (χ0) is 12.0. The van der Waals surface area contributed by atoms with Crippen LogP contribution in [0.15, 0.2) is 0 Å². The van der Waals surface area contributed by atoms with E-state index >= 15 is 0 Å². The average Bonchev–Trinajstić information content (AvgIpc) is 2.27. The number of hydrogen-bond acceptors (Lipinski definition) is 3. The Kier molecular flexibility index (Phi) is 5.04. The lowest BCUT2D eigenvalue weighted by molar-refractivity contribution is -0.126. The van der Waals surface area contributed by atoms with Crippen molar-refractivity contribution in [2.45, 2.75) is 25.7 Å². The van der Waals surface area contributed by atoms with Gasteiger partial charge in [-0.25, -0.2) is 9.80 Å². The molecule has 2 N–H and O–H groups in total. The summed E-state index contributed by atoms with van der Waals surface area (Å²) in [6.07, 6.45) is 2.63. The third kappa shape index (κ3) is 4.48. The Labute approximate surface area is 95.2 Å². The summed E-state index contributed by atoms with van der Waals surface area (Å²) in [6, 6.07) is 0. The van der Waals surface area contributed by atoms with Crippen molar-refractivity contribution < 1.29 is 14.7 Å². The molecule has 1 rings (SSSR count). The molecule has 0 aromatic heterocycles. The molecule has 2 amide bonds. The number of hydrazine groups is 1. The summed E-state index contributed by atoms with van der Waals surface area (Å²) in [5, 5.41) is 10.5. The van der Waals surface area contributed by atoms with E-state index in [1.54, 1.807) is 0 Å². The number of nitrogens with one attached hydrogen (secondary N) is 1. The van der Waals surface area contributed by atoms with Crippen LogP contribution in [-0.2, 0) is 4.79 Å². The third-order valence-corrected chi connectivity index (χ3v) is 2.64. The fourth-order valence-electron chi connectivity index (χ4n) is 1.60. The molecule has 92 valence electrons. The first-order valence-corrected chi connectivity index (χ1v) is 5.58. The molecule has 0 aromatic carbocycles. The zero-order valence-corrected chi connectivity index (χ0v) is 9.61. The van der Waals surface area contributed by atoms with Gasteiger partial charge >= 0.3 is 6.09 Å². The van der Waals surface area contributed by atoms with Gasteiger partial charge in [-0.1, -0.05) is 6.42 Å². The van der Waals surface area contributed by atoms with Gasteiger partial charge < -0.3 is 10.0 Å². The highest BCUT2D eigenvalue weighted by atomic mass is 16.4. The van der Waals surface area contributed by atoms with E-state index in [0.717, 1.165) is 30.8 Å². The molecular formula is C10H19N3O3. The van der Waals surface area contributed by atoms with Crippen LogP contribution in [0.5, 0.6) is 0 Å². The van der Waals surface area contributed by atoms with Gasteiger partial charge in [0.2, 0.25) is 5.91 Å². The van der Waals surface area contributed by atoms with Crippen LogP contribution in [0.25, 0.3) is 0 Å². The van der Waals surface area contributed by atoms with Crippen molar-refractivity contribution in [1.82, 2.24) is 15.3 Å². The van der Waals surface area contributed by atoms with E-state index in [4.69, 9.17) is 5.11 Å².